The average molecular weight is 297 g/mol. The summed E-state index contributed by atoms with van der Waals surface area (Å²) in [7, 11) is 3.08. The number of methoxy groups -OCH3 is 2. The van der Waals surface area contributed by atoms with Crippen LogP contribution in [0.1, 0.15) is 24.2 Å². The van der Waals surface area contributed by atoms with Crippen molar-refractivity contribution in [2.75, 3.05) is 34.0 Å². The van der Waals surface area contributed by atoms with E-state index in [2.05, 4.69) is 5.32 Å². The van der Waals surface area contributed by atoms with Crippen molar-refractivity contribution in [3.05, 3.63) is 23.8 Å². The van der Waals surface area contributed by atoms with Gasteiger partial charge in [0.15, 0.2) is 17.8 Å². The zero-order valence-corrected chi connectivity index (χ0v) is 13.0. The molecule has 0 bridgehead atoms. The summed E-state index contributed by atoms with van der Waals surface area (Å²) in [5.41, 5.74) is 0.486. The highest BCUT2D eigenvalue weighted by Gasteiger charge is 2.13. The maximum absolute atomic E-state index is 12.1. The van der Waals surface area contributed by atoms with Gasteiger partial charge in [0, 0.05) is 18.8 Å². The van der Waals surface area contributed by atoms with Crippen molar-refractivity contribution in [1.82, 2.24) is 5.32 Å². The molecule has 0 saturated heterocycles. The molecule has 21 heavy (non-hydrogen) atoms. The average Bonchev–Trinajstić information content (AvgIpc) is 2.52. The first kappa shape index (κ1) is 17.3. The van der Waals surface area contributed by atoms with Crippen molar-refractivity contribution in [3.8, 4) is 11.5 Å². The fraction of sp³-hybridized carbons (Fsp3) is 0.533. The van der Waals surface area contributed by atoms with Crippen molar-refractivity contribution in [2.24, 2.45) is 0 Å². The molecule has 0 fully saturated rings. The third kappa shape index (κ3) is 5.24. The summed E-state index contributed by atoms with van der Waals surface area (Å²) in [6.45, 7) is 5.09. The first-order valence-corrected chi connectivity index (χ1v) is 6.89. The Kier molecular flexibility index (Phi) is 7.56. The summed E-state index contributed by atoms with van der Waals surface area (Å²) in [6.07, 6.45) is -0.441. The van der Waals surface area contributed by atoms with Gasteiger partial charge >= 0.3 is 0 Å². The van der Waals surface area contributed by atoms with Crippen LogP contribution >= 0.6 is 0 Å². The molecule has 0 aromatic heterocycles. The van der Waals surface area contributed by atoms with E-state index in [-0.39, 0.29) is 12.5 Å². The van der Waals surface area contributed by atoms with Crippen LogP contribution in [0.4, 0.5) is 0 Å². The molecule has 0 aliphatic rings. The van der Waals surface area contributed by atoms with Crippen LogP contribution in [0.25, 0.3) is 0 Å². The standard InChI is InChI=1S/C15H23NO5/c1-5-20-14(21-6-2)10-16-15(17)11-7-8-12(18-3)13(9-11)19-4/h7-9,14H,5-6,10H2,1-4H3,(H,16,17). The summed E-state index contributed by atoms with van der Waals surface area (Å²) in [6, 6.07) is 4.99. The summed E-state index contributed by atoms with van der Waals surface area (Å²) < 4.78 is 21.0. The second kappa shape index (κ2) is 9.20. The molecule has 0 heterocycles. The number of ether oxygens (including phenoxy) is 4. The first-order valence-electron chi connectivity index (χ1n) is 6.89. The van der Waals surface area contributed by atoms with Gasteiger partial charge in [-0.3, -0.25) is 4.79 Å². The number of hydrogen-bond donors (Lipinski definition) is 1. The van der Waals surface area contributed by atoms with Crippen molar-refractivity contribution >= 4 is 5.91 Å². The maximum atomic E-state index is 12.1. The monoisotopic (exact) mass is 297 g/mol. The lowest BCUT2D eigenvalue weighted by atomic mass is 10.2. The summed E-state index contributed by atoms with van der Waals surface area (Å²) in [4.78, 5) is 12.1. The number of carbonyl (C=O) groups excluding carboxylic acids is 1. The Balaban J connectivity index is 2.66. The molecular weight excluding hydrogens is 274 g/mol. The number of amides is 1. The third-order valence-electron chi connectivity index (χ3n) is 2.78. The zero-order valence-electron chi connectivity index (χ0n) is 13.0. The summed E-state index contributed by atoms with van der Waals surface area (Å²) >= 11 is 0. The van der Waals surface area contributed by atoms with Gasteiger partial charge < -0.3 is 24.3 Å². The number of rotatable bonds is 9. The highest BCUT2D eigenvalue weighted by atomic mass is 16.7. The van der Waals surface area contributed by atoms with Gasteiger partial charge in [-0.15, -0.1) is 0 Å². The lowest BCUT2D eigenvalue weighted by Crippen LogP contribution is -2.35. The number of benzene rings is 1. The second-order valence-electron chi connectivity index (χ2n) is 4.12. The molecule has 1 amide bonds. The van der Waals surface area contributed by atoms with E-state index >= 15 is 0 Å². The SMILES string of the molecule is CCOC(CNC(=O)c1ccc(OC)c(OC)c1)OCC. The summed E-state index contributed by atoms with van der Waals surface area (Å²) in [5.74, 6) is 0.868. The van der Waals surface area contributed by atoms with Crippen LogP contribution in [0.2, 0.25) is 0 Å². The topological polar surface area (TPSA) is 66.0 Å². The van der Waals surface area contributed by atoms with Crippen LogP contribution < -0.4 is 14.8 Å². The molecule has 0 aliphatic carbocycles. The number of carbonyl (C=O) groups is 1. The van der Waals surface area contributed by atoms with Crippen molar-refractivity contribution < 1.29 is 23.7 Å². The fourth-order valence-electron chi connectivity index (χ4n) is 1.79. The van der Waals surface area contributed by atoms with Gasteiger partial charge in [-0.1, -0.05) is 0 Å². The molecule has 6 heteroatoms. The minimum Gasteiger partial charge on any atom is -0.493 e. The Morgan fingerprint density at radius 1 is 1.10 bits per heavy atom. The van der Waals surface area contributed by atoms with Crippen molar-refractivity contribution in [2.45, 2.75) is 20.1 Å². The largest absolute Gasteiger partial charge is 0.493 e. The molecule has 1 rings (SSSR count). The Bertz CT molecular complexity index is 444. The van der Waals surface area contributed by atoms with Crippen molar-refractivity contribution in [1.29, 1.82) is 0 Å². The molecule has 118 valence electrons. The highest BCUT2D eigenvalue weighted by molar-refractivity contribution is 5.94. The van der Waals surface area contributed by atoms with Gasteiger partial charge in [-0.05, 0) is 32.0 Å². The Labute approximate surface area is 125 Å². The van der Waals surface area contributed by atoms with E-state index in [1.54, 1.807) is 25.3 Å². The molecule has 1 aromatic rings. The minimum absolute atomic E-state index is 0.222. The Morgan fingerprint density at radius 3 is 2.24 bits per heavy atom. The van der Waals surface area contributed by atoms with Gasteiger partial charge in [-0.2, -0.15) is 0 Å². The molecule has 0 atom stereocenters. The van der Waals surface area contributed by atoms with Crippen LogP contribution in [-0.4, -0.2) is 46.2 Å². The zero-order chi connectivity index (χ0) is 15.7. The second-order valence-corrected chi connectivity index (χ2v) is 4.12. The van der Waals surface area contributed by atoms with E-state index in [4.69, 9.17) is 18.9 Å². The van der Waals surface area contributed by atoms with E-state index in [9.17, 15) is 4.79 Å². The molecule has 0 aliphatic heterocycles. The smallest absolute Gasteiger partial charge is 0.251 e. The molecule has 0 radical (unpaired) electrons. The lowest BCUT2D eigenvalue weighted by Gasteiger charge is -2.17. The van der Waals surface area contributed by atoms with Gasteiger partial charge in [0.05, 0.1) is 20.8 Å². The van der Waals surface area contributed by atoms with Crippen LogP contribution in [0.15, 0.2) is 18.2 Å². The first-order chi connectivity index (χ1) is 10.2. The molecule has 1 N–H and O–H groups in total. The maximum Gasteiger partial charge on any atom is 0.251 e. The van der Waals surface area contributed by atoms with Gasteiger partial charge in [0.1, 0.15) is 0 Å². The molecule has 6 nitrogen and oxygen atoms in total. The quantitative estimate of drug-likeness (QED) is 0.704. The van der Waals surface area contributed by atoms with E-state index in [1.165, 1.54) is 7.11 Å². The van der Waals surface area contributed by atoms with E-state index in [0.717, 1.165) is 0 Å². The van der Waals surface area contributed by atoms with Crippen molar-refractivity contribution in [3.63, 3.8) is 0 Å². The van der Waals surface area contributed by atoms with E-state index in [0.29, 0.717) is 30.3 Å². The molecule has 0 saturated carbocycles. The Hall–Kier alpha value is -1.79. The lowest BCUT2D eigenvalue weighted by molar-refractivity contribution is -0.131. The van der Waals surface area contributed by atoms with E-state index in [1.807, 2.05) is 13.8 Å². The van der Waals surface area contributed by atoms with Crippen LogP contribution in [0.5, 0.6) is 11.5 Å². The third-order valence-corrected chi connectivity index (χ3v) is 2.78. The molecule has 1 aromatic carbocycles. The molecular formula is C15H23NO5. The minimum atomic E-state index is -0.441. The van der Waals surface area contributed by atoms with Crippen LogP contribution in [-0.2, 0) is 9.47 Å². The summed E-state index contributed by atoms with van der Waals surface area (Å²) in [5, 5.41) is 2.77. The molecule has 0 unspecified atom stereocenters. The van der Waals surface area contributed by atoms with Crippen LogP contribution in [0.3, 0.4) is 0 Å². The predicted molar refractivity (Wildman–Crippen MR) is 78.9 cm³/mol. The fourth-order valence-corrected chi connectivity index (χ4v) is 1.79. The van der Waals surface area contributed by atoms with Gasteiger partial charge in [-0.25, -0.2) is 0 Å². The van der Waals surface area contributed by atoms with Gasteiger partial charge in [0.25, 0.3) is 5.91 Å². The Morgan fingerprint density at radius 2 is 1.71 bits per heavy atom. The molecule has 0 spiro atoms. The predicted octanol–water partition coefficient (Wildman–Crippen LogP) is 1.83. The van der Waals surface area contributed by atoms with Gasteiger partial charge in [0.2, 0.25) is 0 Å². The normalized spacial score (nSPS) is 10.5. The van der Waals surface area contributed by atoms with Crippen LogP contribution in [0, 0.1) is 0 Å². The highest BCUT2D eigenvalue weighted by Crippen LogP contribution is 2.27. The van der Waals surface area contributed by atoms with E-state index < -0.39 is 6.29 Å². The number of hydrogen-bond acceptors (Lipinski definition) is 5. The number of nitrogens with one attached hydrogen (secondary N) is 1.